The van der Waals surface area contributed by atoms with Crippen molar-refractivity contribution >= 4 is 15.9 Å². The second-order valence-electron chi connectivity index (χ2n) is 5.75. The van der Waals surface area contributed by atoms with Gasteiger partial charge in [-0.2, -0.15) is 0 Å². The predicted molar refractivity (Wildman–Crippen MR) is 83.4 cm³/mol. The first-order chi connectivity index (χ1) is 9.76. The Morgan fingerprint density at radius 1 is 1.30 bits per heavy atom. The van der Waals surface area contributed by atoms with E-state index >= 15 is 0 Å². The molecule has 0 saturated carbocycles. The van der Waals surface area contributed by atoms with Gasteiger partial charge in [0.1, 0.15) is 0 Å². The molecule has 0 N–H and O–H groups in total. The van der Waals surface area contributed by atoms with Crippen LogP contribution in [0.25, 0.3) is 0 Å². The zero-order chi connectivity index (χ0) is 13.9. The third-order valence-electron chi connectivity index (χ3n) is 4.09. The van der Waals surface area contributed by atoms with Gasteiger partial charge in [0.15, 0.2) is 0 Å². The van der Waals surface area contributed by atoms with Crippen molar-refractivity contribution in [1.82, 2.24) is 4.90 Å². The fourth-order valence-corrected chi connectivity index (χ4v) is 3.59. The third kappa shape index (κ3) is 3.25. The van der Waals surface area contributed by atoms with Crippen LogP contribution in [0.4, 0.5) is 0 Å². The van der Waals surface area contributed by atoms with Crippen LogP contribution in [0.3, 0.4) is 0 Å². The van der Waals surface area contributed by atoms with Crippen molar-refractivity contribution in [1.29, 1.82) is 0 Å². The number of benzene rings is 1. The molecule has 2 heterocycles. The number of ether oxygens (including phenoxy) is 2. The average molecular weight is 340 g/mol. The number of hydrogen-bond donors (Lipinski definition) is 0. The van der Waals surface area contributed by atoms with Crippen molar-refractivity contribution in [2.75, 3.05) is 31.6 Å². The van der Waals surface area contributed by atoms with Gasteiger partial charge in [-0.1, -0.05) is 40.2 Å². The van der Waals surface area contributed by atoms with E-state index in [1.165, 1.54) is 11.1 Å². The minimum absolute atomic E-state index is 0.209. The zero-order valence-electron chi connectivity index (χ0n) is 11.9. The first-order valence-electron chi connectivity index (χ1n) is 7.39. The summed E-state index contributed by atoms with van der Waals surface area (Å²) in [7, 11) is 0. The molecule has 3 atom stereocenters. The Morgan fingerprint density at radius 2 is 2.15 bits per heavy atom. The number of alkyl halides is 1. The summed E-state index contributed by atoms with van der Waals surface area (Å²) >= 11 is 3.53. The Hall–Kier alpha value is -0.420. The van der Waals surface area contributed by atoms with Crippen LogP contribution in [-0.4, -0.2) is 48.7 Å². The van der Waals surface area contributed by atoms with Gasteiger partial charge in [0, 0.05) is 25.0 Å². The van der Waals surface area contributed by atoms with E-state index in [9.17, 15) is 0 Å². The molecule has 2 aliphatic heterocycles. The van der Waals surface area contributed by atoms with E-state index in [0.717, 1.165) is 38.0 Å². The summed E-state index contributed by atoms with van der Waals surface area (Å²) < 4.78 is 11.9. The summed E-state index contributed by atoms with van der Waals surface area (Å²) in [5.74, 6) is 0. The van der Waals surface area contributed by atoms with Gasteiger partial charge < -0.3 is 9.47 Å². The molecule has 20 heavy (non-hydrogen) atoms. The maximum Gasteiger partial charge on any atom is 0.0954 e. The summed E-state index contributed by atoms with van der Waals surface area (Å²) in [5.41, 5.74) is 2.82. The van der Waals surface area contributed by atoms with Crippen LogP contribution >= 0.6 is 15.9 Å². The molecule has 1 aromatic carbocycles. The smallest absolute Gasteiger partial charge is 0.0954 e. The standard InChI is InChI=1S/C16H22BrNO2/c1-12-9-18(10-14(8-17)20-12)11-16-15-5-3-2-4-13(15)6-7-19-16/h2-5,12,14,16H,6-11H2,1H3. The summed E-state index contributed by atoms with van der Waals surface area (Å²) in [6, 6.07) is 8.68. The zero-order valence-corrected chi connectivity index (χ0v) is 13.5. The molecule has 110 valence electrons. The Balaban J connectivity index is 1.69. The van der Waals surface area contributed by atoms with E-state index in [2.05, 4.69) is 52.0 Å². The van der Waals surface area contributed by atoms with Crippen LogP contribution in [-0.2, 0) is 15.9 Å². The van der Waals surface area contributed by atoms with Gasteiger partial charge in [-0.05, 0) is 24.5 Å². The summed E-state index contributed by atoms with van der Waals surface area (Å²) in [6.45, 7) is 5.93. The molecule has 0 spiro atoms. The molecule has 1 saturated heterocycles. The Morgan fingerprint density at radius 3 is 3.00 bits per heavy atom. The first kappa shape index (κ1) is 14.5. The van der Waals surface area contributed by atoms with Gasteiger partial charge in [-0.3, -0.25) is 4.90 Å². The van der Waals surface area contributed by atoms with Crippen LogP contribution in [0.5, 0.6) is 0 Å². The van der Waals surface area contributed by atoms with E-state index in [4.69, 9.17) is 9.47 Å². The van der Waals surface area contributed by atoms with Crippen LogP contribution in [0, 0.1) is 0 Å². The van der Waals surface area contributed by atoms with Gasteiger partial charge in [0.25, 0.3) is 0 Å². The van der Waals surface area contributed by atoms with Gasteiger partial charge in [0.2, 0.25) is 0 Å². The van der Waals surface area contributed by atoms with E-state index in [1.54, 1.807) is 0 Å². The lowest BCUT2D eigenvalue weighted by Crippen LogP contribution is -2.48. The molecule has 0 radical (unpaired) electrons. The van der Waals surface area contributed by atoms with Crippen molar-refractivity contribution in [2.24, 2.45) is 0 Å². The molecule has 0 bridgehead atoms. The van der Waals surface area contributed by atoms with Gasteiger partial charge in [-0.15, -0.1) is 0 Å². The molecule has 0 aliphatic carbocycles. The molecule has 2 aliphatic rings. The number of nitrogens with zero attached hydrogens (tertiary/aromatic N) is 1. The van der Waals surface area contributed by atoms with Gasteiger partial charge in [-0.25, -0.2) is 0 Å². The number of rotatable bonds is 3. The predicted octanol–water partition coefficient (Wildman–Crippen LogP) is 2.78. The SMILES string of the molecule is CC1CN(CC2OCCc3ccccc32)CC(CBr)O1. The fourth-order valence-electron chi connectivity index (χ4n) is 3.24. The van der Waals surface area contributed by atoms with Crippen molar-refractivity contribution in [3.8, 4) is 0 Å². The number of fused-ring (bicyclic) bond motifs is 1. The Bertz CT molecular complexity index is 454. The van der Waals surface area contributed by atoms with Gasteiger partial charge in [0.05, 0.1) is 24.9 Å². The lowest BCUT2D eigenvalue weighted by Gasteiger charge is -2.38. The topological polar surface area (TPSA) is 21.7 Å². The molecule has 3 nitrogen and oxygen atoms in total. The minimum atomic E-state index is 0.209. The molecule has 1 aromatic rings. The molecular weight excluding hydrogens is 318 g/mol. The maximum atomic E-state index is 6.02. The summed E-state index contributed by atoms with van der Waals surface area (Å²) in [6.07, 6.45) is 1.83. The average Bonchev–Trinajstić information content (AvgIpc) is 2.47. The van der Waals surface area contributed by atoms with E-state index < -0.39 is 0 Å². The third-order valence-corrected chi connectivity index (χ3v) is 4.81. The van der Waals surface area contributed by atoms with Crippen LogP contribution in [0.1, 0.15) is 24.2 Å². The second kappa shape index (κ2) is 6.56. The first-order valence-corrected chi connectivity index (χ1v) is 8.51. The molecule has 1 fully saturated rings. The normalized spacial score (nSPS) is 31.0. The number of morpholine rings is 1. The van der Waals surface area contributed by atoms with Crippen molar-refractivity contribution in [2.45, 2.75) is 31.7 Å². The highest BCUT2D eigenvalue weighted by atomic mass is 79.9. The van der Waals surface area contributed by atoms with Crippen molar-refractivity contribution < 1.29 is 9.47 Å². The molecule has 0 aromatic heterocycles. The van der Waals surface area contributed by atoms with Crippen LogP contribution in [0.15, 0.2) is 24.3 Å². The molecule has 3 unspecified atom stereocenters. The van der Waals surface area contributed by atoms with Crippen molar-refractivity contribution in [3.05, 3.63) is 35.4 Å². The van der Waals surface area contributed by atoms with Crippen LogP contribution < -0.4 is 0 Å². The monoisotopic (exact) mass is 339 g/mol. The lowest BCUT2D eigenvalue weighted by atomic mass is 9.97. The van der Waals surface area contributed by atoms with E-state index in [0.29, 0.717) is 6.10 Å². The highest BCUT2D eigenvalue weighted by Crippen LogP contribution is 2.28. The highest BCUT2D eigenvalue weighted by Gasteiger charge is 2.28. The Kier molecular flexibility index (Phi) is 4.76. The molecule has 3 rings (SSSR count). The van der Waals surface area contributed by atoms with E-state index in [-0.39, 0.29) is 12.2 Å². The number of halogens is 1. The molecule has 0 amide bonds. The highest BCUT2D eigenvalue weighted by molar-refractivity contribution is 9.09. The molecular formula is C16H22BrNO2. The maximum absolute atomic E-state index is 6.02. The minimum Gasteiger partial charge on any atom is -0.372 e. The second-order valence-corrected chi connectivity index (χ2v) is 6.40. The van der Waals surface area contributed by atoms with E-state index in [1.807, 2.05) is 0 Å². The van der Waals surface area contributed by atoms with Gasteiger partial charge >= 0.3 is 0 Å². The summed E-state index contributed by atoms with van der Waals surface area (Å²) in [4.78, 5) is 2.48. The quantitative estimate of drug-likeness (QED) is 0.790. The number of hydrogen-bond acceptors (Lipinski definition) is 3. The Labute approximate surface area is 129 Å². The van der Waals surface area contributed by atoms with Crippen LogP contribution in [0.2, 0.25) is 0 Å². The van der Waals surface area contributed by atoms with Crippen molar-refractivity contribution in [3.63, 3.8) is 0 Å². The lowest BCUT2D eigenvalue weighted by molar-refractivity contribution is -0.0821. The fraction of sp³-hybridized carbons (Fsp3) is 0.625. The molecule has 4 heteroatoms. The summed E-state index contributed by atoms with van der Waals surface area (Å²) in [5, 5.41) is 0.899. The largest absolute Gasteiger partial charge is 0.372 e.